The second kappa shape index (κ2) is 8.94. The minimum atomic E-state index is 0.0673. The second-order valence-electron chi connectivity index (χ2n) is 9.63. The number of nitrogens with zero attached hydrogens (tertiary/aromatic N) is 6. The topological polar surface area (TPSA) is 76.4 Å². The average Bonchev–Trinajstić information content (AvgIpc) is 3.38. The van der Waals surface area contributed by atoms with Crippen molar-refractivity contribution >= 4 is 11.7 Å². The van der Waals surface area contributed by atoms with Crippen LogP contribution in [0, 0.1) is 17.8 Å². The molecule has 4 atom stereocenters. The number of pyridine rings is 1. The summed E-state index contributed by atoms with van der Waals surface area (Å²) in [6.45, 7) is 5.94. The highest BCUT2D eigenvalue weighted by atomic mass is 16.5. The van der Waals surface area contributed by atoms with Crippen LogP contribution in [0.1, 0.15) is 48.8 Å². The first kappa shape index (κ1) is 21.7. The van der Waals surface area contributed by atoms with E-state index in [0.29, 0.717) is 23.3 Å². The predicted molar refractivity (Wildman–Crippen MR) is 119 cm³/mol. The lowest BCUT2D eigenvalue weighted by Crippen LogP contribution is -2.37. The highest BCUT2D eigenvalue weighted by Crippen LogP contribution is 2.42. The van der Waals surface area contributed by atoms with Gasteiger partial charge in [0.25, 0.3) is 5.91 Å². The van der Waals surface area contributed by atoms with Crippen molar-refractivity contribution in [3.63, 3.8) is 0 Å². The van der Waals surface area contributed by atoms with Gasteiger partial charge >= 0.3 is 0 Å². The first-order valence-corrected chi connectivity index (χ1v) is 11.2. The molecule has 8 nitrogen and oxygen atoms in total. The zero-order valence-corrected chi connectivity index (χ0v) is 19.2. The van der Waals surface area contributed by atoms with Crippen molar-refractivity contribution in [1.29, 1.82) is 0 Å². The number of likely N-dealkylation sites (tertiary alicyclic amines) is 1. The average molecular weight is 427 g/mol. The Morgan fingerprint density at radius 3 is 2.58 bits per heavy atom. The molecule has 3 heterocycles. The van der Waals surface area contributed by atoms with E-state index < -0.39 is 0 Å². The number of ether oxygens (including phenoxy) is 1. The molecule has 0 spiro atoms. The van der Waals surface area contributed by atoms with Crippen LogP contribution in [0.2, 0.25) is 0 Å². The van der Waals surface area contributed by atoms with Crippen molar-refractivity contribution in [3.05, 3.63) is 35.8 Å². The van der Waals surface area contributed by atoms with Crippen LogP contribution in [0.3, 0.4) is 0 Å². The van der Waals surface area contributed by atoms with E-state index in [-0.39, 0.29) is 18.1 Å². The summed E-state index contributed by atoms with van der Waals surface area (Å²) >= 11 is 0. The molecule has 2 fully saturated rings. The maximum Gasteiger partial charge on any atom is 0.255 e. The predicted octanol–water partition coefficient (Wildman–Crippen LogP) is 2.68. The van der Waals surface area contributed by atoms with Crippen molar-refractivity contribution in [2.75, 3.05) is 39.2 Å². The molecule has 0 unspecified atom stereocenters. The van der Waals surface area contributed by atoms with Crippen LogP contribution in [-0.2, 0) is 11.2 Å². The van der Waals surface area contributed by atoms with Crippen LogP contribution in [0.25, 0.3) is 0 Å². The van der Waals surface area contributed by atoms with E-state index in [1.165, 1.54) is 0 Å². The van der Waals surface area contributed by atoms with Crippen LogP contribution >= 0.6 is 0 Å². The van der Waals surface area contributed by atoms with E-state index in [2.05, 4.69) is 35.3 Å². The summed E-state index contributed by atoms with van der Waals surface area (Å²) in [5, 5.41) is 8.79. The second-order valence-corrected chi connectivity index (χ2v) is 9.63. The number of rotatable bonds is 6. The summed E-state index contributed by atoms with van der Waals surface area (Å²) < 4.78 is 7.86. The van der Waals surface area contributed by atoms with Crippen LogP contribution in [0.5, 0.6) is 0 Å². The molecule has 8 heteroatoms. The third-order valence-corrected chi connectivity index (χ3v) is 6.64. The Labute approximate surface area is 184 Å². The third-order valence-electron chi connectivity index (χ3n) is 6.64. The highest BCUT2D eigenvalue weighted by molar-refractivity contribution is 5.94. The molecule has 1 saturated carbocycles. The smallest absolute Gasteiger partial charge is 0.255 e. The van der Waals surface area contributed by atoms with Crippen LogP contribution in [0.15, 0.2) is 24.5 Å². The Morgan fingerprint density at radius 2 is 1.97 bits per heavy atom. The Hall–Kier alpha value is -2.48. The SMILES string of the molecule is CO[C@@H]1C[C@H]2CN(C(=O)c3ccc(N(C)C)nc3)C[C@H]2C[C@H]1n1cc(CC(C)C)nn1. The largest absolute Gasteiger partial charge is 0.379 e. The Morgan fingerprint density at radius 1 is 1.23 bits per heavy atom. The number of methoxy groups -OCH3 is 1. The fraction of sp³-hybridized carbons (Fsp3) is 0.652. The van der Waals surface area contributed by atoms with Gasteiger partial charge in [-0.25, -0.2) is 9.67 Å². The zero-order valence-electron chi connectivity index (χ0n) is 19.2. The van der Waals surface area contributed by atoms with Gasteiger partial charge in [-0.15, -0.1) is 5.10 Å². The maximum atomic E-state index is 13.1. The molecule has 0 N–H and O–H groups in total. The normalized spacial score (nSPS) is 25.7. The quantitative estimate of drug-likeness (QED) is 0.707. The molecule has 1 aliphatic heterocycles. The van der Waals surface area contributed by atoms with Crippen molar-refractivity contribution < 1.29 is 9.53 Å². The van der Waals surface area contributed by atoms with E-state index in [9.17, 15) is 4.79 Å². The molecular weight excluding hydrogens is 392 g/mol. The molecular formula is C23H34N6O2. The molecule has 1 aliphatic carbocycles. The Kier molecular flexibility index (Phi) is 6.27. The summed E-state index contributed by atoms with van der Waals surface area (Å²) in [6, 6.07) is 3.93. The first-order chi connectivity index (χ1) is 14.9. The van der Waals surface area contributed by atoms with Gasteiger partial charge in [0.05, 0.1) is 23.4 Å². The number of hydrogen-bond donors (Lipinski definition) is 0. The van der Waals surface area contributed by atoms with Gasteiger partial charge < -0.3 is 14.5 Å². The molecule has 168 valence electrons. The van der Waals surface area contributed by atoms with E-state index >= 15 is 0 Å². The highest BCUT2D eigenvalue weighted by Gasteiger charge is 2.44. The molecule has 2 aromatic rings. The number of amides is 1. The summed E-state index contributed by atoms with van der Waals surface area (Å²) in [4.78, 5) is 21.4. The maximum absolute atomic E-state index is 13.1. The fourth-order valence-corrected chi connectivity index (χ4v) is 5.03. The first-order valence-electron chi connectivity index (χ1n) is 11.2. The Balaban J connectivity index is 1.45. The lowest BCUT2D eigenvalue weighted by Gasteiger charge is -2.36. The van der Waals surface area contributed by atoms with Gasteiger partial charge in [0.15, 0.2) is 0 Å². The van der Waals surface area contributed by atoms with Crippen molar-refractivity contribution in [2.45, 2.75) is 45.3 Å². The van der Waals surface area contributed by atoms with Gasteiger partial charge in [0.2, 0.25) is 0 Å². The summed E-state index contributed by atoms with van der Waals surface area (Å²) in [6.07, 6.45) is 6.67. The van der Waals surface area contributed by atoms with Gasteiger partial charge in [-0.05, 0) is 49.1 Å². The summed E-state index contributed by atoms with van der Waals surface area (Å²) in [7, 11) is 5.66. The van der Waals surface area contributed by atoms with E-state index in [1.54, 1.807) is 13.3 Å². The van der Waals surface area contributed by atoms with Crippen LogP contribution in [-0.4, -0.2) is 71.2 Å². The zero-order chi connectivity index (χ0) is 22.1. The minimum Gasteiger partial charge on any atom is -0.379 e. The lowest BCUT2D eigenvalue weighted by atomic mass is 9.77. The van der Waals surface area contributed by atoms with Crippen molar-refractivity contribution in [1.82, 2.24) is 24.9 Å². The van der Waals surface area contributed by atoms with E-state index in [1.807, 2.05) is 40.7 Å². The van der Waals surface area contributed by atoms with Gasteiger partial charge in [-0.1, -0.05) is 19.1 Å². The number of aromatic nitrogens is 4. The van der Waals surface area contributed by atoms with Crippen molar-refractivity contribution in [2.24, 2.45) is 17.8 Å². The van der Waals surface area contributed by atoms with Gasteiger partial charge in [0.1, 0.15) is 5.82 Å². The molecule has 2 aliphatic rings. The fourth-order valence-electron chi connectivity index (χ4n) is 5.03. The molecule has 0 radical (unpaired) electrons. The number of fused-ring (bicyclic) bond motifs is 1. The standard InChI is InChI=1S/C23H34N6O2/c1-15(2)8-19-14-29(26-25-19)20-9-17-12-28(13-18(17)10-21(20)31-5)23(30)16-6-7-22(24-11-16)27(3)4/h6-7,11,14-15,17-18,20-21H,8-10,12-13H2,1-5H3/t17-,18+,20-,21-/m1/s1. The van der Waals surface area contributed by atoms with Crippen LogP contribution < -0.4 is 4.90 Å². The number of anilines is 1. The van der Waals surface area contributed by atoms with Crippen LogP contribution in [0.4, 0.5) is 5.82 Å². The van der Waals surface area contributed by atoms with Gasteiger partial charge in [-0.3, -0.25) is 4.79 Å². The summed E-state index contributed by atoms with van der Waals surface area (Å²) in [5.41, 5.74) is 1.68. The monoisotopic (exact) mass is 426 g/mol. The molecule has 2 aromatic heterocycles. The third kappa shape index (κ3) is 4.59. The minimum absolute atomic E-state index is 0.0673. The van der Waals surface area contributed by atoms with E-state index in [0.717, 1.165) is 43.9 Å². The summed E-state index contributed by atoms with van der Waals surface area (Å²) in [5.74, 6) is 2.37. The van der Waals surface area contributed by atoms with Gasteiger partial charge in [-0.2, -0.15) is 0 Å². The Bertz CT molecular complexity index is 894. The molecule has 4 rings (SSSR count). The molecule has 1 amide bonds. The molecule has 1 saturated heterocycles. The number of carbonyl (C=O) groups excluding carboxylic acids is 1. The number of hydrogen-bond acceptors (Lipinski definition) is 6. The van der Waals surface area contributed by atoms with E-state index in [4.69, 9.17) is 4.74 Å². The molecule has 0 aromatic carbocycles. The lowest BCUT2D eigenvalue weighted by molar-refractivity contribution is -0.00546. The van der Waals surface area contributed by atoms with Gasteiger partial charge in [0, 0.05) is 46.7 Å². The number of carbonyl (C=O) groups is 1. The molecule has 31 heavy (non-hydrogen) atoms. The van der Waals surface area contributed by atoms with Crippen molar-refractivity contribution in [3.8, 4) is 0 Å². The molecule has 0 bridgehead atoms.